The molecule has 142 valence electrons. The molecule has 0 saturated carbocycles. The summed E-state index contributed by atoms with van der Waals surface area (Å²) in [5.41, 5.74) is 6.87. The Kier molecular flexibility index (Phi) is 6.03. The standard InChI is InChI=1S/C20H17N3O4S/c1-26-14-8-6-13(7-9-14)21-20(28)23-22-19(25)17-5-3-2-4-16(17)18-11-10-15(12-24)27-18/h2-12H,1H3,(H,22,25)(H2,21,23,28). The SMILES string of the molecule is COc1ccc(NC(=S)NNC(=O)c2ccccc2-c2ccc(C=O)o2)cc1. The first kappa shape index (κ1) is 19.1. The minimum absolute atomic E-state index is 0.188. The van der Waals surface area contributed by atoms with Gasteiger partial charge < -0.3 is 14.5 Å². The Morgan fingerprint density at radius 1 is 1.04 bits per heavy atom. The van der Waals surface area contributed by atoms with Crippen LogP contribution in [0.25, 0.3) is 11.3 Å². The number of furan rings is 1. The van der Waals surface area contributed by atoms with Crippen LogP contribution in [0.15, 0.2) is 65.1 Å². The summed E-state index contributed by atoms with van der Waals surface area (Å²) in [6, 6.07) is 17.2. The monoisotopic (exact) mass is 395 g/mol. The van der Waals surface area contributed by atoms with Gasteiger partial charge in [-0.1, -0.05) is 18.2 Å². The fraction of sp³-hybridized carbons (Fsp3) is 0.0500. The van der Waals surface area contributed by atoms with Gasteiger partial charge >= 0.3 is 0 Å². The predicted molar refractivity (Wildman–Crippen MR) is 109 cm³/mol. The van der Waals surface area contributed by atoms with Crippen LogP contribution in [0.5, 0.6) is 5.75 Å². The van der Waals surface area contributed by atoms with Crippen molar-refractivity contribution in [2.75, 3.05) is 12.4 Å². The molecule has 3 rings (SSSR count). The maximum Gasteiger partial charge on any atom is 0.270 e. The fourth-order valence-corrected chi connectivity index (χ4v) is 2.64. The number of ether oxygens (including phenoxy) is 1. The molecule has 7 nitrogen and oxygen atoms in total. The van der Waals surface area contributed by atoms with Crippen molar-refractivity contribution in [1.29, 1.82) is 0 Å². The summed E-state index contributed by atoms with van der Waals surface area (Å²) in [7, 11) is 1.59. The molecule has 0 saturated heterocycles. The molecule has 3 N–H and O–H groups in total. The molecule has 0 aliphatic carbocycles. The average Bonchev–Trinajstić information content (AvgIpc) is 3.22. The van der Waals surface area contributed by atoms with Crippen LogP contribution in [-0.2, 0) is 0 Å². The maximum absolute atomic E-state index is 12.6. The van der Waals surface area contributed by atoms with Crippen molar-refractivity contribution < 1.29 is 18.7 Å². The number of rotatable bonds is 5. The van der Waals surface area contributed by atoms with E-state index < -0.39 is 5.91 Å². The van der Waals surface area contributed by atoms with Gasteiger partial charge in [0, 0.05) is 11.3 Å². The van der Waals surface area contributed by atoms with Crippen LogP contribution < -0.4 is 20.9 Å². The molecule has 0 bridgehead atoms. The van der Waals surface area contributed by atoms with Crippen LogP contribution in [0.4, 0.5) is 5.69 Å². The average molecular weight is 395 g/mol. The number of methoxy groups -OCH3 is 1. The lowest BCUT2D eigenvalue weighted by Gasteiger charge is -2.13. The van der Waals surface area contributed by atoms with Gasteiger partial charge in [-0.3, -0.25) is 20.4 Å². The number of thiocarbonyl (C=S) groups is 1. The van der Waals surface area contributed by atoms with E-state index in [4.69, 9.17) is 21.4 Å². The van der Waals surface area contributed by atoms with Crippen LogP contribution in [0.3, 0.4) is 0 Å². The van der Waals surface area contributed by atoms with E-state index in [2.05, 4.69) is 16.2 Å². The molecule has 1 heterocycles. The van der Waals surface area contributed by atoms with Crippen molar-refractivity contribution in [3.63, 3.8) is 0 Å². The number of hydrogen-bond donors (Lipinski definition) is 3. The Labute approximate surface area is 166 Å². The summed E-state index contributed by atoms with van der Waals surface area (Å²) in [4.78, 5) is 23.4. The topological polar surface area (TPSA) is 92.6 Å². The van der Waals surface area contributed by atoms with Gasteiger partial charge in [0.2, 0.25) is 0 Å². The molecule has 1 amide bonds. The second-order valence-electron chi connectivity index (χ2n) is 5.63. The first-order valence-electron chi connectivity index (χ1n) is 8.26. The smallest absolute Gasteiger partial charge is 0.270 e. The molecule has 3 aromatic rings. The lowest BCUT2D eigenvalue weighted by molar-refractivity contribution is 0.0944. The van der Waals surface area contributed by atoms with Gasteiger partial charge in [-0.2, -0.15) is 0 Å². The number of carbonyl (C=O) groups is 2. The lowest BCUT2D eigenvalue weighted by atomic mass is 10.1. The number of anilines is 1. The Hall–Kier alpha value is -3.65. The number of aldehydes is 1. The summed E-state index contributed by atoms with van der Waals surface area (Å²) < 4.78 is 10.5. The minimum Gasteiger partial charge on any atom is -0.497 e. The quantitative estimate of drug-likeness (QED) is 0.346. The van der Waals surface area contributed by atoms with E-state index in [1.54, 1.807) is 67.8 Å². The van der Waals surface area contributed by atoms with Crippen LogP contribution in [-0.4, -0.2) is 24.4 Å². The lowest BCUT2D eigenvalue weighted by Crippen LogP contribution is -2.43. The zero-order valence-electron chi connectivity index (χ0n) is 14.9. The molecular formula is C20H17N3O4S. The third-order valence-corrected chi connectivity index (χ3v) is 4.02. The van der Waals surface area contributed by atoms with Crippen LogP contribution in [0, 0.1) is 0 Å². The van der Waals surface area contributed by atoms with E-state index >= 15 is 0 Å². The van der Waals surface area contributed by atoms with Crippen LogP contribution in [0.1, 0.15) is 20.9 Å². The normalized spacial score (nSPS) is 10.0. The zero-order chi connectivity index (χ0) is 19.9. The fourth-order valence-electron chi connectivity index (χ4n) is 2.47. The molecule has 0 unspecified atom stereocenters. The van der Waals surface area contributed by atoms with Gasteiger partial charge in [0.1, 0.15) is 11.5 Å². The Bertz CT molecular complexity index is 999. The summed E-state index contributed by atoms with van der Waals surface area (Å²) in [5.74, 6) is 0.934. The van der Waals surface area contributed by atoms with E-state index in [-0.39, 0.29) is 10.9 Å². The highest BCUT2D eigenvalue weighted by atomic mass is 32.1. The largest absolute Gasteiger partial charge is 0.497 e. The third kappa shape index (κ3) is 4.54. The van der Waals surface area contributed by atoms with Gasteiger partial charge in [0.15, 0.2) is 17.2 Å². The molecule has 0 aliphatic heterocycles. The number of benzene rings is 2. The summed E-state index contributed by atoms with van der Waals surface area (Å²) in [6.07, 6.45) is 0.608. The van der Waals surface area contributed by atoms with Gasteiger partial charge in [-0.05, 0) is 54.7 Å². The second kappa shape index (κ2) is 8.83. The van der Waals surface area contributed by atoms with Crippen molar-refractivity contribution in [3.05, 3.63) is 72.0 Å². The highest BCUT2D eigenvalue weighted by molar-refractivity contribution is 7.80. The van der Waals surface area contributed by atoms with Gasteiger partial charge in [0.25, 0.3) is 5.91 Å². The molecule has 0 atom stereocenters. The summed E-state index contributed by atoms with van der Waals surface area (Å²) >= 11 is 5.19. The Balaban J connectivity index is 1.64. The molecule has 8 heteroatoms. The molecule has 1 aromatic heterocycles. The van der Waals surface area contributed by atoms with E-state index in [0.717, 1.165) is 11.4 Å². The third-order valence-electron chi connectivity index (χ3n) is 3.82. The van der Waals surface area contributed by atoms with E-state index in [1.165, 1.54) is 0 Å². The second-order valence-corrected chi connectivity index (χ2v) is 6.04. The number of hydrazine groups is 1. The van der Waals surface area contributed by atoms with E-state index in [0.29, 0.717) is 23.2 Å². The van der Waals surface area contributed by atoms with Crippen molar-refractivity contribution >= 4 is 35.2 Å². The van der Waals surface area contributed by atoms with Gasteiger partial charge in [0.05, 0.1) is 12.7 Å². The highest BCUT2D eigenvalue weighted by Crippen LogP contribution is 2.25. The molecule has 2 aromatic carbocycles. The van der Waals surface area contributed by atoms with Crippen molar-refractivity contribution in [3.8, 4) is 17.1 Å². The predicted octanol–water partition coefficient (Wildman–Crippen LogP) is 3.40. The molecule has 0 fully saturated rings. The van der Waals surface area contributed by atoms with Crippen LogP contribution in [0.2, 0.25) is 0 Å². The zero-order valence-corrected chi connectivity index (χ0v) is 15.7. The number of carbonyl (C=O) groups excluding carboxylic acids is 2. The molecule has 0 aliphatic rings. The minimum atomic E-state index is -0.404. The molecular weight excluding hydrogens is 378 g/mol. The van der Waals surface area contributed by atoms with Crippen molar-refractivity contribution in [2.45, 2.75) is 0 Å². The number of hydrogen-bond acceptors (Lipinski definition) is 5. The molecule has 0 spiro atoms. The van der Waals surface area contributed by atoms with E-state index in [1.807, 2.05) is 0 Å². The molecule has 0 radical (unpaired) electrons. The van der Waals surface area contributed by atoms with Crippen molar-refractivity contribution in [2.24, 2.45) is 0 Å². The summed E-state index contributed by atoms with van der Waals surface area (Å²) in [5, 5.41) is 3.17. The Morgan fingerprint density at radius 2 is 1.79 bits per heavy atom. The first-order chi connectivity index (χ1) is 13.6. The van der Waals surface area contributed by atoms with Gasteiger partial charge in [-0.25, -0.2) is 0 Å². The van der Waals surface area contributed by atoms with Crippen LogP contribution >= 0.6 is 12.2 Å². The Morgan fingerprint density at radius 3 is 2.46 bits per heavy atom. The molecule has 28 heavy (non-hydrogen) atoms. The van der Waals surface area contributed by atoms with Gasteiger partial charge in [-0.15, -0.1) is 0 Å². The number of nitrogens with one attached hydrogen (secondary N) is 3. The maximum atomic E-state index is 12.6. The number of amides is 1. The van der Waals surface area contributed by atoms with Crippen molar-refractivity contribution in [1.82, 2.24) is 10.9 Å². The highest BCUT2D eigenvalue weighted by Gasteiger charge is 2.15. The van der Waals surface area contributed by atoms with E-state index in [9.17, 15) is 9.59 Å². The summed E-state index contributed by atoms with van der Waals surface area (Å²) in [6.45, 7) is 0. The first-order valence-corrected chi connectivity index (χ1v) is 8.67.